The minimum Gasteiger partial charge on any atom is -0.301 e. The normalized spacial score (nSPS) is 27.7. The van der Waals surface area contributed by atoms with Crippen LogP contribution in [0.4, 0.5) is 0 Å². The molecule has 0 aliphatic carbocycles. The third-order valence-corrected chi connectivity index (χ3v) is 10.9. The third kappa shape index (κ3) is 6.65. The zero-order valence-corrected chi connectivity index (χ0v) is 25.1. The third-order valence-electron chi connectivity index (χ3n) is 10.9. The molecular formula is C31H60N4. The summed E-state index contributed by atoms with van der Waals surface area (Å²) in [6.45, 7) is 32.4. The molecule has 4 rings (SSSR count). The highest BCUT2D eigenvalue weighted by molar-refractivity contribution is 4.97. The highest BCUT2D eigenvalue weighted by Gasteiger charge is 2.42. The molecule has 0 N–H and O–H groups in total. The van der Waals surface area contributed by atoms with Crippen LogP contribution in [0.25, 0.3) is 0 Å². The molecule has 4 saturated heterocycles. The van der Waals surface area contributed by atoms with E-state index in [1.807, 2.05) is 0 Å². The molecule has 0 aromatic rings. The molecule has 0 bridgehead atoms. The van der Waals surface area contributed by atoms with Crippen molar-refractivity contribution in [1.29, 1.82) is 0 Å². The van der Waals surface area contributed by atoms with Crippen molar-refractivity contribution < 1.29 is 0 Å². The van der Waals surface area contributed by atoms with Gasteiger partial charge in [0, 0.05) is 49.3 Å². The molecule has 0 aromatic carbocycles. The Morgan fingerprint density at radius 2 is 1.17 bits per heavy atom. The average Bonchev–Trinajstić information content (AvgIpc) is 2.69. The van der Waals surface area contributed by atoms with Gasteiger partial charge >= 0.3 is 0 Å². The van der Waals surface area contributed by atoms with E-state index in [0.29, 0.717) is 16.5 Å². The minimum absolute atomic E-state index is 0.341. The maximum Gasteiger partial charge on any atom is 0.0350 e. The molecule has 204 valence electrons. The van der Waals surface area contributed by atoms with Crippen molar-refractivity contribution >= 4 is 0 Å². The van der Waals surface area contributed by atoms with E-state index < -0.39 is 0 Å². The SMILES string of the molecule is CC(CCC(C)(C)C1CCN(C2CN(C(C)(C)C)C2)CC1)N1CCC(C2CN(C(C)(C)C)C2)CC1. The second kappa shape index (κ2) is 10.5. The van der Waals surface area contributed by atoms with Crippen molar-refractivity contribution in [2.24, 2.45) is 23.2 Å². The van der Waals surface area contributed by atoms with E-state index in [9.17, 15) is 0 Å². The summed E-state index contributed by atoms with van der Waals surface area (Å²) < 4.78 is 0. The van der Waals surface area contributed by atoms with E-state index in [2.05, 4.69) is 81.9 Å². The van der Waals surface area contributed by atoms with Crippen molar-refractivity contribution in [1.82, 2.24) is 19.6 Å². The molecule has 0 radical (unpaired) electrons. The fourth-order valence-electron chi connectivity index (χ4n) is 7.44. The summed E-state index contributed by atoms with van der Waals surface area (Å²) in [7, 11) is 0. The van der Waals surface area contributed by atoms with Crippen LogP contribution in [-0.4, -0.2) is 95.1 Å². The van der Waals surface area contributed by atoms with Crippen LogP contribution in [0.15, 0.2) is 0 Å². The van der Waals surface area contributed by atoms with Crippen molar-refractivity contribution in [3.05, 3.63) is 0 Å². The van der Waals surface area contributed by atoms with Gasteiger partial charge in [-0.15, -0.1) is 0 Å². The lowest BCUT2D eigenvalue weighted by molar-refractivity contribution is -0.0419. The van der Waals surface area contributed by atoms with Gasteiger partial charge in [-0.2, -0.15) is 0 Å². The lowest BCUT2D eigenvalue weighted by Gasteiger charge is -2.53. The van der Waals surface area contributed by atoms with Gasteiger partial charge in [0.2, 0.25) is 0 Å². The number of hydrogen-bond acceptors (Lipinski definition) is 4. The number of likely N-dealkylation sites (tertiary alicyclic amines) is 4. The summed E-state index contributed by atoms with van der Waals surface area (Å²) in [6, 6.07) is 1.57. The smallest absolute Gasteiger partial charge is 0.0350 e. The van der Waals surface area contributed by atoms with Crippen LogP contribution in [0.1, 0.15) is 101 Å². The Morgan fingerprint density at radius 3 is 1.69 bits per heavy atom. The molecule has 0 amide bonds. The van der Waals surface area contributed by atoms with Gasteiger partial charge in [0.05, 0.1) is 0 Å². The quantitative estimate of drug-likeness (QED) is 0.448. The van der Waals surface area contributed by atoms with Gasteiger partial charge in [-0.25, -0.2) is 0 Å². The van der Waals surface area contributed by atoms with E-state index in [0.717, 1.165) is 29.8 Å². The summed E-state index contributed by atoms with van der Waals surface area (Å²) in [5.41, 5.74) is 1.19. The largest absolute Gasteiger partial charge is 0.301 e. The fourth-order valence-corrected chi connectivity index (χ4v) is 7.44. The van der Waals surface area contributed by atoms with Crippen LogP contribution in [0.5, 0.6) is 0 Å². The topological polar surface area (TPSA) is 13.0 Å². The molecule has 4 heterocycles. The number of piperidine rings is 2. The van der Waals surface area contributed by atoms with Gasteiger partial charge in [-0.3, -0.25) is 14.7 Å². The Balaban J connectivity index is 1.13. The highest BCUT2D eigenvalue weighted by Crippen LogP contribution is 2.41. The number of hydrogen-bond donors (Lipinski definition) is 0. The van der Waals surface area contributed by atoms with E-state index in [1.54, 1.807) is 0 Å². The van der Waals surface area contributed by atoms with Crippen molar-refractivity contribution in [3.8, 4) is 0 Å². The summed E-state index contributed by atoms with van der Waals surface area (Å²) >= 11 is 0. The molecule has 0 aromatic heterocycles. The summed E-state index contributed by atoms with van der Waals surface area (Å²) in [5, 5.41) is 0. The Morgan fingerprint density at radius 1 is 0.657 bits per heavy atom. The first-order valence-electron chi connectivity index (χ1n) is 15.2. The molecule has 4 aliphatic rings. The van der Waals surface area contributed by atoms with Crippen LogP contribution < -0.4 is 0 Å². The first-order chi connectivity index (χ1) is 16.2. The summed E-state index contributed by atoms with van der Waals surface area (Å²) in [6.07, 6.45) is 8.45. The molecule has 4 nitrogen and oxygen atoms in total. The summed E-state index contributed by atoms with van der Waals surface area (Å²) in [5.74, 6) is 2.85. The van der Waals surface area contributed by atoms with E-state index >= 15 is 0 Å². The predicted octanol–water partition coefficient (Wildman–Crippen LogP) is 5.82. The predicted molar refractivity (Wildman–Crippen MR) is 151 cm³/mol. The van der Waals surface area contributed by atoms with Gasteiger partial charge in [0.1, 0.15) is 0 Å². The highest BCUT2D eigenvalue weighted by atomic mass is 15.3. The maximum absolute atomic E-state index is 2.83. The fraction of sp³-hybridized carbons (Fsp3) is 1.00. The van der Waals surface area contributed by atoms with Crippen molar-refractivity contribution in [2.75, 3.05) is 52.4 Å². The maximum atomic E-state index is 2.83. The zero-order chi connectivity index (χ0) is 25.6. The standard InChI is InChI=1S/C31H60N4/c1-24(32-16-11-25(12-17-32)26-20-34(21-26)29(2,3)4)10-15-31(8,9)27-13-18-33(19-14-27)28-22-35(23-28)30(5,6)7/h24-28H,10-23H2,1-9H3. The van der Waals surface area contributed by atoms with E-state index in [-0.39, 0.29) is 0 Å². The van der Waals surface area contributed by atoms with Crippen LogP contribution >= 0.6 is 0 Å². The number of rotatable bonds is 7. The Labute approximate surface area is 219 Å². The molecule has 1 atom stereocenters. The van der Waals surface area contributed by atoms with Crippen LogP contribution in [0.2, 0.25) is 0 Å². The second-order valence-electron chi connectivity index (χ2n) is 15.6. The lowest BCUT2D eigenvalue weighted by atomic mass is 9.70. The van der Waals surface area contributed by atoms with Gasteiger partial charge in [0.25, 0.3) is 0 Å². The van der Waals surface area contributed by atoms with Gasteiger partial charge < -0.3 is 4.90 Å². The Hall–Kier alpha value is -0.160. The van der Waals surface area contributed by atoms with Crippen LogP contribution in [0.3, 0.4) is 0 Å². The molecule has 4 heteroatoms. The van der Waals surface area contributed by atoms with Crippen LogP contribution in [-0.2, 0) is 0 Å². The molecule has 0 spiro atoms. The minimum atomic E-state index is 0.341. The molecule has 35 heavy (non-hydrogen) atoms. The molecule has 4 aliphatic heterocycles. The summed E-state index contributed by atoms with van der Waals surface area (Å²) in [4.78, 5) is 11.0. The van der Waals surface area contributed by atoms with Crippen molar-refractivity contribution in [2.45, 2.75) is 124 Å². The van der Waals surface area contributed by atoms with Gasteiger partial charge in [0.15, 0.2) is 0 Å². The number of nitrogens with zero attached hydrogens (tertiary/aromatic N) is 4. The zero-order valence-electron chi connectivity index (χ0n) is 25.1. The Kier molecular flexibility index (Phi) is 8.39. The molecule has 4 fully saturated rings. The Bertz CT molecular complexity index is 661. The average molecular weight is 489 g/mol. The van der Waals surface area contributed by atoms with Gasteiger partial charge in [-0.05, 0) is 136 Å². The van der Waals surface area contributed by atoms with Crippen molar-refractivity contribution in [3.63, 3.8) is 0 Å². The first kappa shape index (κ1) is 27.9. The molecular weight excluding hydrogens is 428 g/mol. The van der Waals surface area contributed by atoms with Gasteiger partial charge in [-0.1, -0.05) is 13.8 Å². The molecule has 1 unspecified atom stereocenters. The van der Waals surface area contributed by atoms with E-state index in [1.165, 1.54) is 90.9 Å². The molecule has 0 saturated carbocycles. The van der Waals surface area contributed by atoms with E-state index in [4.69, 9.17) is 0 Å². The first-order valence-corrected chi connectivity index (χ1v) is 15.2. The van der Waals surface area contributed by atoms with Crippen LogP contribution in [0, 0.1) is 23.2 Å². The lowest BCUT2D eigenvalue weighted by Crippen LogP contribution is -2.65. The second-order valence-corrected chi connectivity index (χ2v) is 15.6. The monoisotopic (exact) mass is 488 g/mol.